The standard InChI is InChI=1S/C28H22BrN3OS/c1-18-8-6-7-11-25(18)31-27(33)19(2)34-28-24(17-30)23(20-9-4-3-5-10-20)16-26(32-28)21-12-14-22(29)15-13-21/h3-16,19H,1-2H3,(H,31,33)/t19-/m1/s1. The third-order valence-electron chi connectivity index (χ3n) is 5.38. The number of thioether (sulfide) groups is 1. The lowest BCUT2D eigenvalue weighted by Crippen LogP contribution is -2.23. The molecule has 1 aromatic heterocycles. The fraction of sp³-hybridized carbons (Fsp3) is 0.107. The molecular formula is C28H22BrN3OS. The van der Waals surface area contributed by atoms with E-state index < -0.39 is 5.25 Å². The van der Waals surface area contributed by atoms with E-state index in [4.69, 9.17) is 4.98 Å². The number of para-hydroxylation sites is 1. The minimum absolute atomic E-state index is 0.139. The van der Waals surface area contributed by atoms with Gasteiger partial charge >= 0.3 is 0 Å². The molecule has 1 amide bonds. The van der Waals surface area contributed by atoms with Crippen molar-refractivity contribution in [2.24, 2.45) is 0 Å². The number of nitrogens with one attached hydrogen (secondary N) is 1. The first kappa shape index (κ1) is 23.7. The smallest absolute Gasteiger partial charge is 0.237 e. The van der Waals surface area contributed by atoms with Crippen molar-refractivity contribution in [2.75, 3.05) is 5.32 Å². The molecule has 4 aromatic rings. The van der Waals surface area contributed by atoms with Gasteiger partial charge in [0.15, 0.2) is 0 Å². The highest BCUT2D eigenvalue weighted by Crippen LogP contribution is 2.36. The number of halogens is 1. The second kappa shape index (κ2) is 10.7. The van der Waals surface area contributed by atoms with E-state index in [-0.39, 0.29) is 5.91 Å². The van der Waals surface area contributed by atoms with Crippen LogP contribution in [0.2, 0.25) is 0 Å². The summed E-state index contributed by atoms with van der Waals surface area (Å²) in [6, 6.07) is 29.6. The Kier molecular flexibility index (Phi) is 7.46. The third kappa shape index (κ3) is 5.39. The largest absolute Gasteiger partial charge is 0.325 e. The van der Waals surface area contributed by atoms with Crippen LogP contribution in [-0.2, 0) is 4.79 Å². The molecule has 3 aromatic carbocycles. The topological polar surface area (TPSA) is 65.8 Å². The van der Waals surface area contributed by atoms with Crippen LogP contribution >= 0.6 is 27.7 Å². The lowest BCUT2D eigenvalue weighted by atomic mass is 9.99. The normalized spacial score (nSPS) is 11.5. The van der Waals surface area contributed by atoms with Gasteiger partial charge in [-0.1, -0.05) is 88.4 Å². The van der Waals surface area contributed by atoms with Crippen molar-refractivity contribution >= 4 is 39.3 Å². The number of amides is 1. The van der Waals surface area contributed by atoms with Crippen LogP contribution in [0.4, 0.5) is 5.69 Å². The fourth-order valence-corrected chi connectivity index (χ4v) is 4.69. The number of benzene rings is 3. The number of carbonyl (C=O) groups is 1. The molecule has 1 heterocycles. The summed E-state index contributed by atoms with van der Waals surface area (Å²) in [4.78, 5) is 17.8. The number of nitriles is 1. The molecule has 4 rings (SSSR count). The SMILES string of the molecule is Cc1ccccc1NC(=O)[C@@H](C)Sc1nc(-c2ccc(Br)cc2)cc(-c2ccccc2)c1C#N. The third-order valence-corrected chi connectivity index (χ3v) is 7.00. The summed E-state index contributed by atoms with van der Waals surface area (Å²) < 4.78 is 0.976. The molecule has 6 heteroatoms. The molecule has 0 bridgehead atoms. The van der Waals surface area contributed by atoms with Crippen LogP contribution in [0, 0.1) is 18.3 Å². The van der Waals surface area contributed by atoms with E-state index in [1.54, 1.807) is 0 Å². The second-order valence-corrected chi connectivity index (χ2v) is 10.0. The van der Waals surface area contributed by atoms with E-state index in [1.165, 1.54) is 11.8 Å². The monoisotopic (exact) mass is 527 g/mol. The van der Waals surface area contributed by atoms with Gasteiger partial charge in [0.1, 0.15) is 11.1 Å². The predicted molar refractivity (Wildman–Crippen MR) is 143 cm³/mol. The van der Waals surface area contributed by atoms with E-state index in [2.05, 4.69) is 27.3 Å². The van der Waals surface area contributed by atoms with Crippen LogP contribution < -0.4 is 5.32 Å². The Morgan fingerprint density at radius 2 is 1.68 bits per heavy atom. The average Bonchev–Trinajstić information content (AvgIpc) is 2.86. The number of anilines is 1. The van der Waals surface area contributed by atoms with Gasteiger partial charge in [-0.2, -0.15) is 5.26 Å². The number of hydrogen-bond donors (Lipinski definition) is 1. The molecule has 1 N–H and O–H groups in total. The molecule has 0 saturated heterocycles. The molecule has 0 aliphatic rings. The average molecular weight is 528 g/mol. The van der Waals surface area contributed by atoms with Crippen molar-refractivity contribution in [3.05, 3.63) is 101 Å². The van der Waals surface area contributed by atoms with Crippen molar-refractivity contribution < 1.29 is 4.79 Å². The zero-order valence-electron chi connectivity index (χ0n) is 18.7. The van der Waals surface area contributed by atoms with Crippen LogP contribution in [-0.4, -0.2) is 16.1 Å². The number of hydrogen-bond acceptors (Lipinski definition) is 4. The summed E-state index contributed by atoms with van der Waals surface area (Å²) in [6.45, 7) is 3.78. The summed E-state index contributed by atoms with van der Waals surface area (Å²) in [6.07, 6.45) is 0. The van der Waals surface area contributed by atoms with E-state index in [0.717, 1.165) is 38.1 Å². The Balaban J connectivity index is 1.73. The van der Waals surface area contributed by atoms with Crippen LogP contribution in [0.1, 0.15) is 18.1 Å². The molecular weight excluding hydrogens is 506 g/mol. The van der Waals surface area contributed by atoms with Gasteiger partial charge in [0.25, 0.3) is 0 Å². The number of aryl methyl sites for hydroxylation is 1. The molecule has 34 heavy (non-hydrogen) atoms. The van der Waals surface area contributed by atoms with Crippen LogP contribution in [0.3, 0.4) is 0 Å². The number of pyridine rings is 1. The van der Waals surface area contributed by atoms with Gasteiger partial charge in [0.2, 0.25) is 5.91 Å². The van der Waals surface area contributed by atoms with Crippen LogP contribution in [0.15, 0.2) is 94.4 Å². The lowest BCUT2D eigenvalue weighted by molar-refractivity contribution is -0.115. The van der Waals surface area contributed by atoms with E-state index in [9.17, 15) is 10.1 Å². The summed E-state index contributed by atoms with van der Waals surface area (Å²) in [5, 5.41) is 13.1. The molecule has 0 aliphatic carbocycles. The van der Waals surface area contributed by atoms with E-state index in [0.29, 0.717) is 10.6 Å². The Morgan fingerprint density at radius 1 is 1.00 bits per heavy atom. The molecule has 1 atom stereocenters. The highest BCUT2D eigenvalue weighted by atomic mass is 79.9. The van der Waals surface area contributed by atoms with Crippen molar-refractivity contribution in [3.63, 3.8) is 0 Å². The van der Waals surface area contributed by atoms with Crippen molar-refractivity contribution in [2.45, 2.75) is 24.1 Å². The number of nitrogens with zero attached hydrogens (tertiary/aromatic N) is 2. The number of aromatic nitrogens is 1. The Hall–Kier alpha value is -3.40. The van der Waals surface area contributed by atoms with Gasteiger partial charge in [-0.15, -0.1) is 0 Å². The van der Waals surface area contributed by atoms with Crippen LogP contribution in [0.5, 0.6) is 0 Å². The first-order valence-corrected chi connectivity index (χ1v) is 12.4. The van der Waals surface area contributed by atoms with Gasteiger partial charge in [0.05, 0.1) is 16.5 Å². The fourth-order valence-electron chi connectivity index (χ4n) is 3.50. The first-order chi connectivity index (χ1) is 16.5. The van der Waals surface area contributed by atoms with E-state index in [1.807, 2.05) is 98.8 Å². The van der Waals surface area contributed by atoms with Gasteiger partial charge < -0.3 is 5.32 Å². The minimum Gasteiger partial charge on any atom is -0.325 e. The molecule has 0 fully saturated rings. The van der Waals surface area contributed by atoms with Gasteiger partial charge in [-0.25, -0.2) is 4.98 Å². The van der Waals surface area contributed by atoms with Crippen molar-refractivity contribution in [1.29, 1.82) is 5.26 Å². The molecule has 0 radical (unpaired) electrons. The minimum atomic E-state index is -0.456. The molecule has 0 saturated carbocycles. The molecule has 0 spiro atoms. The zero-order valence-corrected chi connectivity index (χ0v) is 21.2. The Bertz CT molecular complexity index is 1370. The van der Waals surface area contributed by atoms with Gasteiger partial charge in [0, 0.05) is 21.3 Å². The number of rotatable bonds is 6. The van der Waals surface area contributed by atoms with Gasteiger partial charge in [-0.05, 0) is 49.2 Å². The lowest BCUT2D eigenvalue weighted by Gasteiger charge is -2.16. The van der Waals surface area contributed by atoms with Gasteiger partial charge in [-0.3, -0.25) is 4.79 Å². The summed E-state index contributed by atoms with van der Waals surface area (Å²) >= 11 is 4.77. The zero-order chi connectivity index (χ0) is 24.1. The highest BCUT2D eigenvalue weighted by molar-refractivity contribution is 9.10. The molecule has 168 valence electrons. The summed E-state index contributed by atoms with van der Waals surface area (Å²) in [7, 11) is 0. The second-order valence-electron chi connectivity index (χ2n) is 7.78. The van der Waals surface area contributed by atoms with Crippen molar-refractivity contribution in [3.8, 4) is 28.5 Å². The Labute approximate surface area is 212 Å². The van der Waals surface area contributed by atoms with Crippen LogP contribution in [0.25, 0.3) is 22.4 Å². The maximum Gasteiger partial charge on any atom is 0.237 e. The first-order valence-electron chi connectivity index (χ1n) is 10.8. The number of carbonyl (C=O) groups excluding carboxylic acids is 1. The predicted octanol–water partition coefficient (Wildman–Crippen LogP) is 7.48. The summed E-state index contributed by atoms with van der Waals surface area (Å²) in [5.74, 6) is -0.139. The quantitative estimate of drug-likeness (QED) is 0.264. The van der Waals surface area contributed by atoms with E-state index >= 15 is 0 Å². The molecule has 0 unspecified atom stereocenters. The van der Waals surface area contributed by atoms with Crippen molar-refractivity contribution in [1.82, 2.24) is 4.98 Å². The maximum atomic E-state index is 13.0. The summed E-state index contributed by atoms with van der Waals surface area (Å²) in [5.41, 5.74) is 5.65. The highest BCUT2D eigenvalue weighted by Gasteiger charge is 2.21. The Morgan fingerprint density at radius 3 is 2.35 bits per heavy atom. The molecule has 4 nitrogen and oxygen atoms in total. The maximum absolute atomic E-state index is 13.0. The molecule has 0 aliphatic heterocycles.